The molecule has 0 amide bonds. The predicted molar refractivity (Wildman–Crippen MR) is 84.5 cm³/mol. The number of carboxylic acid groups (broad SMARTS) is 1. The second-order valence-electron chi connectivity index (χ2n) is 4.80. The maximum atomic E-state index is 12.4. The van der Waals surface area contributed by atoms with Gasteiger partial charge in [-0.3, -0.25) is 4.79 Å². The fourth-order valence-electron chi connectivity index (χ4n) is 2.29. The fourth-order valence-corrected chi connectivity index (χ4v) is 2.29. The third kappa shape index (κ3) is 3.01. The summed E-state index contributed by atoms with van der Waals surface area (Å²) in [6, 6.07) is 19.5. The van der Waals surface area contributed by atoms with E-state index < -0.39 is 12.6 Å². The van der Waals surface area contributed by atoms with Crippen LogP contribution < -0.4 is 10.3 Å². The van der Waals surface area contributed by atoms with Gasteiger partial charge in [-0.2, -0.15) is 0 Å². The molecule has 0 radical (unpaired) electrons. The van der Waals surface area contributed by atoms with Crippen LogP contribution in [-0.4, -0.2) is 27.0 Å². The highest BCUT2D eigenvalue weighted by molar-refractivity contribution is 5.68. The molecular formula is C17H14N2O4. The lowest BCUT2D eigenvalue weighted by Gasteiger charge is -2.14. The molecule has 116 valence electrons. The lowest BCUT2D eigenvalue weighted by atomic mass is 10.3. The van der Waals surface area contributed by atoms with Crippen LogP contribution in [0.4, 0.5) is 0 Å². The van der Waals surface area contributed by atoms with Crippen LogP contribution >= 0.6 is 0 Å². The van der Waals surface area contributed by atoms with Gasteiger partial charge in [0.2, 0.25) is 5.88 Å². The number of benzene rings is 2. The molecule has 0 aliphatic rings. The Balaban J connectivity index is 2.19. The standard InChI is InChI=1S/C17H14N2O4/c20-15-11-16(23-12-17(21)22)19(14-9-5-2-6-10-14)18(15)13-7-3-1-4-8-13/h1-11H,12H2,(H,21,22). The smallest absolute Gasteiger partial charge is 0.341 e. The van der Waals surface area contributed by atoms with Crippen molar-refractivity contribution in [1.82, 2.24) is 9.36 Å². The third-order valence-electron chi connectivity index (χ3n) is 3.21. The van der Waals surface area contributed by atoms with Crippen LogP contribution in [0.2, 0.25) is 0 Å². The first-order valence-electron chi connectivity index (χ1n) is 6.97. The van der Waals surface area contributed by atoms with Crippen molar-refractivity contribution < 1.29 is 14.6 Å². The summed E-state index contributed by atoms with van der Waals surface area (Å²) in [6.45, 7) is -0.523. The van der Waals surface area contributed by atoms with Gasteiger partial charge in [0.15, 0.2) is 6.61 Å². The maximum Gasteiger partial charge on any atom is 0.341 e. The number of aliphatic carboxylic acids is 1. The zero-order valence-corrected chi connectivity index (χ0v) is 12.1. The molecule has 23 heavy (non-hydrogen) atoms. The quantitative estimate of drug-likeness (QED) is 0.783. The number of aromatic nitrogens is 2. The van der Waals surface area contributed by atoms with E-state index in [1.54, 1.807) is 16.8 Å². The number of nitrogens with zero attached hydrogens (tertiary/aromatic N) is 2. The summed E-state index contributed by atoms with van der Waals surface area (Å²) in [7, 11) is 0. The monoisotopic (exact) mass is 310 g/mol. The van der Waals surface area contributed by atoms with Gasteiger partial charge in [-0.1, -0.05) is 36.4 Å². The molecule has 1 heterocycles. The molecule has 0 aliphatic carbocycles. The second kappa shape index (κ2) is 6.23. The van der Waals surface area contributed by atoms with Crippen LogP contribution in [0.1, 0.15) is 0 Å². The zero-order valence-electron chi connectivity index (χ0n) is 12.1. The number of carboxylic acids is 1. The molecule has 0 saturated carbocycles. The van der Waals surface area contributed by atoms with Gasteiger partial charge in [-0.15, -0.1) is 0 Å². The number of ether oxygens (including phenoxy) is 1. The Bertz CT molecular complexity index is 867. The van der Waals surface area contributed by atoms with Crippen LogP contribution in [0.25, 0.3) is 11.4 Å². The SMILES string of the molecule is O=C(O)COc1cc(=O)n(-c2ccccc2)n1-c1ccccc1. The molecule has 0 atom stereocenters. The van der Waals surface area contributed by atoms with E-state index in [-0.39, 0.29) is 11.4 Å². The molecule has 6 nitrogen and oxygen atoms in total. The zero-order chi connectivity index (χ0) is 16.2. The lowest BCUT2D eigenvalue weighted by molar-refractivity contribution is -0.139. The Kier molecular flexibility index (Phi) is 3.97. The third-order valence-corrected chi connectivity index (χ3v) is 3.21. The highest BCUT2D eigenvalue weighted by Crippen LogP contribution is 2.20. The van der Waals surface area contributed by atoms with Crippen molar-refractivity contribution in [3.8, 4) is 17.3 Å². The summed E-state index contributed by atoms with van der Waals surface area (Å²) in [4.78, 5) is 23.2. The average molecular weight is 310 g/mol. The normalized spacial score (nSPS) is 10.4. The fraction of sp³-hybridized carbons (Fsp3) is 0.0588. The van der Waals surface area contributed by atoms with Crippen molar-refractivity contribution in [2.45, 2.75) is 0 Å². The second-order valence-corrected chi connectivity index (χ2v) is 4.80. The molecule has 0 aliphatic heterocycles. The molecule has 6 heteroatoms. The number of rotatable bonds is 5. The van der Waals surface area contributed by atoms with Crippen molar-refractivity contribution in [1.29, 1.82) is 0 Å². The molecule has 0 spiro atoms. The largest absolute Gasteiger partial charge is 0.479 e. The summed E-state index contributed by atoms with van der Waals surface area (Å²) in [5.74, 6) is -0.933. The Morgan fingerprint density at radius 3 is 1.96 bits per heavy atom. The predicted octanol–water partition coefficient (Wildman–Crippen LogP) is 2.09. The van der Waals surface area contributed by atoms with Crippen molar-refractivity contribution in [3.63, 3.8) is 0 Å². The highest BCUT2D eigenvalue weighted by atomic mass is 16.5. The van der Waals surface area contributed by atoms with E-state index in [1.807, 2.05) is 48.5 Å². The summed E-state index contributed by atoms with van der Waals surface area (Å²) in [5.41, 5.74) is 1.05. The van der Waals surface area contributed by atoms with Gasteiger partial charge in [0, 0.05) is 0 Å². The maximum absolute atomic E-state index is 12.4. The topological polar surface area (TPSA) is 73.5 Å². The Labute approximate surface area is 131 Å². The Morgan fingerprint density at radius 2 is 1.43 bits per heavy atom. The number of carbonyl (C=O) groups is 1. The molecule has 0 fully saturated rings. The summed E-state index contributed by atoms with van der Waals surface area (Å²) >= 11 is 0. The Hall–Kier alpha value is -3.28. The van der Waals surface area contributed by atoms with Crippen LogP contribution in [0.3, 0.4) is 0 Å². The lowest BCUT2D eigenvalue weighted by Crippen LogP contribution is -2.20. The minimum Gasteiger partial charge on any atom is -0.479 e. The van der Waals surface area contributed by atoms with E-state index >= 15 is 0 Å². The van der Waals surface area contributed by atoms with Gasteiger partial charge in [0.05, 0.1) is 17.4 Å². The molecule has 1 aromatic heterocycles. The number of hydrogen-bond donors (Lipinski definition) is 1. The van der Waals surface area contributed by atoms with Crippen molar-refractivity contribution in [2.24, 2.45) is 0 Å². The van der Waals surface area contributed by atoms with Crippen molar-refractivity contribution >= 4 is 5.97 Å². The molecule has 0 saturated heterocycles. The van der Waals surface area contributed by atoms with Gasteiger partial charge in [0.25, 0.3) is 5.56 Å². The van der Waals surface area contributed by atoms with E-state index in [0.717, 1.165) is 0 Å². The van der Waals surface area contributed by atoms with Crippen LogP contribution in [0.15, 0.2) is 71.5 Å². The summed E-state index contributed by atoms with van der Waals surface area (Å²) < 4.78 is 8.27. The Morgan fingerprint density at radius 1 is 0.913 bits per heavy atom. The number of hydrogen-bond acceptors (Lipinski definition) is 3. The summed E-state index contributed by atoms with van der Waals surface area (Å²) in [6.07, 6.45) is 0. The molecule has 0 bridgehead atoms. The first-order chi connectivity index (χ1) is 11.2. The molecule has 3 aromatic rings. The highest BCUT2D eigenvalue weighted by Gasteiger charge is 2.16. The molecular weight excluding hydrogens is 296 g/mol. The van der Waals surface area contributed by atoms with E-state index in [2.05, 4.69) is 0 Å². The minimum atomic E-state index is -1.11. The first-order valence-corrected chi connectivity index (χ1v) is 6.97. The molecule has 1 N–H and O–H groups in total. The first kappa shape index (κ1) is 14.6. The van der Waals surface area contributed by atoms with Crippen LogP contribution in [0, 0.1) is 0 Å². The van der Waals surface area contributed by atoms with Gasteiger partial charge in [-0.25, -0.2) is 14.2 Å². The molecule has 0 unspecified atom stereocenters. The van der Waals surface area contributed by atoms with Crippen LogP contribution in [-0.2, 0) is 4.79 Å². The van der Waals surface area contributed by atoms with Crippen molar-refractivity contribution in [3.05, 3.63) is 77.1 Å². The van der Waals surface area contributed by atoms with E-state index in [9.17, 15) is 9.59 Å². The van der Waals surface area contributed by atoms with Gasteiger partial charge in [-0.05, 0) is 24.3 Å². The van der Waals surface area contributed by atoms with Gasteiger partial charge >= 0.3 is 5.97 Å². The molecule has 2 aromatic carbocycles. The molecule has 3 rings (SSSR count). The number of para-hydroxylation sites is 2. The van der Waals surface area contributed by atoms with E-state index in [0.29, 0.717) is 11.4 Å². The summed E-state index contributed by atoms with van der Waals surface area (Å²) in [5, 5.41) is 8.81. The van der Waals surface area contributed by atoms with E-state index in [1.165, 1.54) is 10.7 Å². The van der Waals surface area contributed by atoms with E-state index in [4.69, 9.17) is 9.84 Å². The van der Waals surface area contributed by atoms with Gasteiger partial charge in [0.1, 0.15) is 0 Å². The van der Waals surface area contributed by atoms with Crippen LogP contribution in [0.5, 0.6) is 5.88 Å². The average Bonchev–Trinajstić information content (AvgIpc) is 2.91. The van der Waals surface area contributed by atoms with Crippen molar-refractivity contribution in [2.75, 3.05) is 6.61 Å². The van der Waals surface area contributed by atoms with Gasteiger partial charge < -0.3 is 9.84 Å². The minimum absolute atomic E-state index is 0.174.